The second-order valence-electron chi connectivity index (χ2n) is 3.66. The van der Waals surface area contributed by atoms with E-state index in [0.717, 1.165) is 10.6 Å². The van der Waals surface area contributed by atoms with E-state index in [1.807, 2.05) is 19.1 Å². The summed E-state index contributed by atoms with van der Waals surface area (Å²) in [5, 5.41) is 26.3. The van der Waals surface area contributed by atoms with Gasteiger partial charge in [0.2, 0.25) is 5.13 Å². The summed E-state index contributed by atoms with van der Waals surface area (Å²) in [7, 11) is 0. The van der Waals surface area contributed by atoms with Gasteiger partial charge in [0.15, 0.2) is 5.69 Å². The molecule has 3 heterocycles. The molecule has 0 N–H and O–H groups in total. The van der Waals surface area contributed by atoms with Crippen molar-refractivity contribution in [2.45, 2.75) is 6.92 Å². The Morgan fingerprint density at radius 3 is 2.84 bits per heavy atom. The van der Waals surface area contributed by atoms with Gasteiger partial charge in [-0.3, -0.25) is 4.98 Å². The van der Waals surface area contributed by atoms with Crippen molar-refractivity contribution in [1.82, 2.24) is 30.2 Å². The molecule has 8 heteroatoms. The minimum Gasteiger partial charge on any atom is -0.264 e. The maximum absolute atomic E-state index is 9.13. The van der Waals surface area contributed by atoms with E-state index < -0.39 is 0 Å². The van der Waals surface area contributed by atoms with Gasteiger partial charge in [-0.2, -0.15) is 9.94 Å². The first-order valence-electron chi connectivity index (χ1n) is 5.36. The first-order valence-corrected chi connectivity index (χ1v) is 6.18. The third-order valence-electron chi connectivity index (χ3n) is 2.41. The van der Waals surface area contributed by atoms with Crippen LogP contribution in [0.25, 0.3) is 16.4 Å². The van der Waals surface area contributed by atoms with Gasteiger partial charge in [-0.25, -0.2) is 0 Å². The lowest BCUT2D eigenvalue weighted by molar-refractivity contribution is 0.786. The first kappa shape index (κ1) is 11.4. The number of nitriles is 1. The number of rotatable bonds is 2. The van der Waals surface area contributed by atoms with Crippen LogP contribution in [0, 0.1) is 18.3 Å². The molecule has 0 bridgehead atoms. The molecule has 0 radical (unpaired) electrons. The minimum absolute atomic E-state index is 0.237. The maximum Gasteiger partial charge on any atom is 0.234 e. The highest BCUT2D eigenvalue weighted by atomic mass is 32.1. The summed E-state index contributed by atoms with van der Waals surface area (Å²) in [5.74, 6) is 0. The molecule has 0 saturated heterocycles. The topological polar surface area (TPSA) is 93.2 Å². The van der Waals surface area contributed by atoms with Crippen LogP contribution in [0.3, 0.4) is 0 Å². The number of aromatic nitrogens is 6. The fraction of sp³-hybridized carbons (Fsp3) is 0.0909. The SMILES string of the molecule is Cc1nnc(-n2nnc(C#N)c2-c2cccnc2)s1. The van der Waals surface area contributed by atoms with Gasteiger partial charge in [-0.1, -0.05) is 16.6 Å². The van der Waals surface area contributed by atoms with E-state index in [1.54, 1.807) is 18.5 Å². The lowest BCUT2D eigenvalue weighted by atomic mass is 10.2. The monoisotopic (exact) mass is 269 g/mol. The van der Waals surface area contributed by atoms with Crippen LogP contribution in [0.5, 0.6) is 0 Å². The Morgan fingerprint density at radius 2 is 2.21 bits per heavy atom. The normalized spacial score (nSPS) is 10.3. The zero-order valence-corrected chi connectivity index (χ0v) is 10.7. The van der Waals surface area contributed by atoms with Crippen molar-refractivity contribution >= 4 is 11.3 Å². The summed E-state index contributed by atoms with van der Waals surface area (Å²) < 4.78 is 1.51. The molecule has 0 fully saturated rings. The molecule has 0 aliphatic heterocycles. The minimum atomic E-state index is 0.237. The van der Waals surface area contributed by atoms with E-state index in [1.165, 1.54) is 16.0 Å². The Hall–Kier alpha value is -2.66. The molecule has 19 heavy (non-hydrogen) atoms. The van der Waals surface area contributed by atoms with Crippen LogP contribution in [0.1, 0.15) is 10.7 Å². The third kappa shape index (κ3) is 1.96. The van der Waals surface area contributed by atoms with Crippen molar-refractivity contribution < 1.29 is 0 Å². The largest absolute Gasteiger partial charge is 0.264 e. The molecule has 0 saturated carbocycles. The zero-order chi connectivity index (χ0) is 13.2. The van der Waals surface area contributed by atoms with Crippen LogP contribution in [0.15, 0.2) is 24.5 Å². The number of nitrogens with zero attached hydrogens (tertiary/aromatic N) is 7. The molecule has 0 unspecified atom stereocenters. The van der Waals surface area contributed by atoms with E-state index in [4.69, 9.17) is 5.26 Å². The molecule has 0 atom stereocenters. The number of hydrogen-bond donors (Lipinski definition) is 0. The zero-order valence-electron chi connectivity index (χ0n) is 9.85. The van der Waals surface area contributed by atoms with Crippen molar-refractivity contribution in [3.63, 3.8) is 0 Å². The Bertz CT molecular complexity index is 753. The number of hydrogen-bond acceptors (Lipinski definition) is 7. The summed E-state index contributed by atoms with van der Waals surface area (Å²) in [6.07, 6.45) is 3.32. The first-order chi connectivity index (χ1) is 9.29. The predicted octanol–water partition coefficient (Wildman–Crippen LogP) is 1.36. The maximum atomic E-state index is 9.13. The predicted molar refractivity (Wildman–Crippen MR) is 67.5 cm³/mol. The van der Waals surface area contributed by atoms with Crippen LogP contribution in [-0.2, 0) is 0 Å². The highest BCUT2D eigenvalue weighted by molar-refractivity contribution is 7.13. The van der Waals surface area contributed by atoms with Crippen molar-refractivity contribution in [2.24, 2.45) is 0 Å². The summed E-state index contributed by atoms with van der Waals surface area (Å²) in [5.41, 5.74) is 1.57. The Balaban J connectivity index is 2.23. The third-order valence-corrected chi connectivity index (χ3v) is 3.22. The van der Waals surface area contributed by atoms with E-state index >= 15 is 0 Å². The van der Waals surface area contributed by atoms with Crippen molar-refractivity contribution in [3.05, 3.63) is 35.2 Å². The lowest BCUT2D eigenvalue weighted by Gasteiger charge is -2.01. The van der Waals surface area contributed by atoms with E-state index in [0.29, 0.717) is 10.8 Å². The molecule has 3 aromatic rings. The molecular formula is C11H7N7S. The highest BCUT2D eigenvalue weighted by Gasteiger charge is 2.18. The van der Waals surface area contributed by atoms with Crippen LogP contribution < -0.4 is 0 Å². The molecule has 3 rings (SSSR count). The second-order valence-corrected chi connectivity index (χ2v) is 4.82. The van der Waals surface area contributed by atoms with Gasteiger partial charge < -0.3 is 0 Å². The fourth-order valence-electron chi connectivity index (χ4n) is 1.62. The highest BCUT2D eigenvalue weighted by Crippen LogP contribution is 2.25. The van der Waals surface area contributed by atoms with Gasteiger partial charge in [0.05, 0.1) is 0 Å². The molecule has 0 spiro atoms. The van der Waals surface area contributed by atoms with Crippen LogP contribution in [-0.4, -0.2) is 30.2 Å². The van der Waals surface area contributed by atoms with E-state index in [9.17, 15) is 0 Å². The molecule has 3 aromatic heterocycles. The average molecular weight is 269 g/mol. The standard InChI is InChI=1S/C11H7N7S/c1-7-14-16-11(19-7)18-10(9(5-12)15-17-18)8-3-2-4-13-6-8/h2-4,6H,1H3. The van der Waals surface area contributed by atoms with Gasteiger partial charge in [0, 0.05) is 18.0 Å². The Kier molecular flexibility index (Phi) is 2.74. The van der Waals surface area contributed by atoms with Gasteiger partial charge in [-0.05, 0) is 19.1 Å². The molecule has 92 valence electrons. The van der Waals surface area contributed by atoms with Gasteiger partial charge >= 0.3 is 0 Å². The van der Waals surface area contributed by atoms with Crippen LogP contribution in [0.2, 0.25) is 0 Å². The lowest BCUT2D eigenvalue weighted by Crippen LogP contribution is -1.99. The van der Waals surface area contributed by atoms with Crippen molar-refractivity contribution in [2.75, 3.05) is 0 Å². The Labute approximate surface area is 112 Å². The Morgan fingerprint density at radius 1 is 1.32 bits per heavy atom. The molecule has 0 amide bonds. The smallest absolute Gasteiger partial charge is 0.234 e. The van der Waals surface area contributed by atoms with Gasteiger partial charge in [0.25, 0.3) is 0 Å². The molecule has 0 aliphatic carbocycles. The van der Waals surface area contributed by atoms with Gasteiger partial charge in [-0.15, -0.1) is 15.3 Å². The second kappa shape index (κ2) is 4.55. The van der Waals surface area contributed by atoms with E-state index in [2.05, 4.69) is 25.5 Å². The molecular weight excluding hydrogens is 262 g/mol. The molecule has 0 aromatic carbocycles. The fourth-order valence-corrected chi connectivity index (χ4v) is 2.27. The van der Waals surface area contributed by atoms with Gasteiger partial charge in [0.1, 0.15) is 16.8 Å². The summed E-state index contributed by atoms with van der Waals surface area (Å²) in [6.45, 7) is 1.85. The summed E-state index contributed by atoms with van der Waals surface area (Å²) in [4.78, 5) is 4.05. The summed E-state index contributed by atoms with van der Waals surface area (Å²) >= 11 is 1.38. The molecule has 0 aliphatic rings. The number of pyridine rings is 1. The van der Waals surface area contributed by atoms with E-state index in [-0.39, 0.29) is 5.69 Å². The summed E-state index contributed by atoms with van der Waals surface area (Å²) in [6, 6.07) is 5.66. The number of aryl methyl sites for hydroxylation is 1. The van der Waals surface area contributed by atoms with Crippen molar-refractivity contribution in [1.29, 1.82) is 5.26 Å². The van der Waals surface area contributed by atoms with Crippen LogP contribution in [0.4, 0.5) is 0 Å². The quantitative estimate of drug-likeness (QED) is 0.697. The average Bonchev–Trinajstić information content (AvgIpc) is 3.05. The van der Waals surface area contributed by atoms with Crippen LogP contribution >= 0.6 is 11.3 Å². The molecule has 7 nitrogen and oxygen atoms in total. The van der Waals surface area contributed by atoms with Crippen molar-refractivity contribution in [3.8, 4) is 22.5 Å².